The fraction of sp³-hybridized carbons (Fsp3) is 0.500. The summed E-state index contributed by atoms with van der Waals surface area (Å²) in [5.41, 5.74) is 0.597. The molecule has 9 heteroatoms. The summed E-state index contributed by atoms with van der Waals surface area (Å²) in [6, 6.07) is 2.97. The SMILES string of the molecule is O=C1CCC2CCC(c3nc(-c4ccncc4)nn3CC(F)(F)F)N12. The molecule has 0 saturated carbocycles. The van der Waals surface area contributed by atoms with Crippen LogP contribution >= 0.6 is 0 Å². The number of pyridine rings is 1. The molecule has 2 aliphatic heterocycles. The molecule has 25 heavy (non-hydrogen) atoms. The first-order valence-electron chi connectivity index (χ1n) is 8.15. The zero-order chi connectivity index (χ0) is 17.6. The second kappa shape index (κ2) is 5.82. The number of halogens is 3. The number of alkyl halides is 3. The highest BCUT2D eigenvalue weighted by atomic mass is 19.4. The average Bonchev–Trinajstić information content (AvgIpc) is 3.24. The van der Waals surface area contributed by atoms with Crippen molar-refractivity contribution < 1.29 is 18.0 Å². The molecule has 2 unspecified atom stereocenters. The van der Waals surface area contributed by atoms with Gasteiger partial charge in [0.2, 0.25) is 5.91 Å². The van der Waals surface area contributed by atoms with Crippen molar-refractivity contribution in [3.63, 3.8) is 0 Å². The molecule has 0 spiro atoms. The molecule has 0 aliphatic carbocycles. The van der Waals surface area contributed by atoms with Crippen LogP contribution in [0.5, 0.6) is 0 Å². The molecule has 0 N–H and O–H groups in total. The van der Waals surface area contributed by atoms with Crippen LogP contribution < -0.4 is 0 Å². The first-order chi connectivity index (χ1) is 11.9. The van der Waals surface area contributed by atoms with Gasteiger partial charge in [0.1, 0.15) is 6.54 Å². The summed E-state index contributed by atoms with van der Waals surface area (Å²) in [6.45, 7) is -1.22. The van der Waals surface area contributed by atoms with Gasteiger partial charge in [0.15, 0.2) is 11.6 Å². The largest absolute Gasteiger partial charge is 0.408 e. The van der Waals surface area contributed by atoms with Gasteiger partial charge in [0, 0.05) is 30.4 Å². The second-order valence-electron chi connectivity index (χ2n) is 6.39. The summed E-state index contributed by atoms with van der Waals surface area (Å²) >= 11 is 0. The van der Waals surface area contributed by atoms with Crippen LogP contribution in [0.4, 0.5) is 13.2 Å². The van der Waals surface area contributed by atoms with E-state index in [0.717, 1.165) is 17.5 Å². The summed E-state index contributed by atoms with van der Waals surface area (Å²) in [7, 11) is 0. The van der Waals surface area contributed by atoms with Crippen LogP contribution in [0.25, 0.3) is 11.4 Å². The van der Waals surface area contributed by atoms with E-state index >= 15 is 0 Å². The lowest BCUT2D eigenvalue weighted by atomic mass is 10.1. The van der Waals surface area contributed by atoms with E-state index < -0.39 is 18.8 Å². The van der Waals surface area contributed by atoms with E-state index in [9.17, 15) is 18.0 Å². The zero-order valence-electron chi connectivity index (χ0n) is 13.3. The third kappa shape index (κ3) is 2.98. The Bertz CT molecular complexity index is 789. The van der Waals surface area contributed by atoms with Crippen molar-refractivity contribution in [2.75, 3.05) is 0 Å². The average molecular weight is 351 g/mol. The molecule has 2 fully saturated rings. The first-order valence-corrected chi connectivity index (χ1v) is 8.15. The maximum Gasteiger partial charge on any atom is 0.408 e. The number of hydrogen-bond donors (Lipinski definition) is 0. The van der Waals surface area contributed by atoms with Crippen molar-refractivity contribution in [3.05, 3.63) is 30.4 Å². The van der Waals surface area contributed by atoms with Crippen molar-refractivity contribution in [1.82, 2.24) is 24.6 Å². The van der Waals surface area contributed by atoms with Gasteiger partial charge in [0.05, 0.1) is 6.04 Å². The lowest BCUT2D eigenvalue weighted by molar-refractivity contribution is -0.143. The molecular weight excluding hydrogens is 335 g/mol. The molecule has 4 rings (SSSR count). The summed E-state index contributed by atoms with van der Waals surface area (Å²) < 4.78 is 39.9. The monoisotopic (exact) mass is 351 g/mol. The zero-order valence-corrected chi connectivity index (χ0v) is 13.3. The maximum absolute atomic E-state index is 13.0. The summed E-state index contributed by atoms with van der Waals surface area (Å²) in [5, 5.41) is 4.07. The van der Waals surface area contributed by atoms with Crippen LogP contribution in [0.1, 0.15) is 37.5 Å². The van der Waals surface area contributed by atoms with E-state index in [1.165, 1.54) is 12.4 Å². The Balaban J connectivity index is 1.75. The predicted octanol–water partition coefficient (Wildman–Crippen LogP) is 2.73. The van der Waals surface area contributed by atoms with Gasteiger partial charge in [-0.15, -0.1) is 0 Å². The highest BCUT2D eigenvalue weighted by Gasteiger charge is 2.44. The van der Waals surface area contributed by atoms with Gasteiger partial charge in [0.25, 0.3) is 0 Å². The Kier molecular flexibility index (Phi) is 3.73. The molecule has 2 saturated heterocycles. The Morgan fingerprint density at radius 2 is 1.92 bits per heavy atom. The van der Waals surface area contributed by atoms with Crippen molar-refractivity contribution in [1.29, 1.82) is 0 Å². The molecule has 4 heterocycles. The van der Waals surface area contributed by atoms with E-state index in [-0.39, 0.29) is 23.6 Å². The Morgan fingerprint density at radius 1 is 1.16 bits per heavy atom. The quantitative estimate of drug-likeness (QED) is 0.853. The Hall–Kier alpha value is -2.45. The number of amides is 1. The molecular formula is C16H16F3N5O. The standard InChI is InChI=1S/C16H16F3N5O/c17-16(18,19)9-23-15(12-3-1-11-2-4-13(25)24(11)12)21-14(22-23)10-5-7-20-8-6-10/h5-8,11-12H,1-4,9H2. The number of aromatic nitrogens is 4. The molecule has 132 valence electrons. The van der Waals surface area contributed by atoms with Gasteiger partial charge in [-0.2, -0.15) is 18.3 Å². The van der Waals surface area contributed by atoms with Gasteiger partial charge in [-0.25, -0.2) is 9.67 Å². The third-order valence-electron chi connectivity index (χ3n) is 4.75. The lowest BCUT2D eigenvalue weighted by Crippen LogP contribution is -2.32. The van der Waals surface area contributed by atoms with Crippen molar-refractivity contribution in [2.24, 2.45) is 0 Å². The Labute approximate surface area is 141 Å². The van der Waals surface area contributed by atoms with E-state index in [4.69, 9.17) is 0 Å². The summed E-state index contributed by atoms with van der Waals surface area (Å²) in [5.74, 6) is 0.415. The minimum Gasteiger partial charge on any atom is -0.329 e. The fourth-order valence-corrected chi connectivity index (χ4v) is 3.73. The fourth-order valence-electron chi connectivity index (χ4n) is 3.73. The van der Waals surface area contributed by atoms with Crippen molar-refractivity contribution in [3.8, 4) is 11.4 Å². The number of hydrogen-bond acceptors (Lipinski definition) is 4. The van der Waals surface area contributed by atoms with Crippen LogP contribution in [0.2, 0.25) is 0 Å². The normalized spacial score (nSPS) is 23.3. The van der Waals surface area contributed by atoms with Crippen molar-refractivity contribution >= 4 is 5.91 Å². The van der Waals surface area contributed by atoms with Gasteiger partial charge in [-0.05, 0) is 31.4 Å². The lowest BCUT2D eigenvalue weighted by Gasteiger charge is -2.24. The topological polar surface area (TPSA) is 63.9 Å². The number of carbonyl (C=O) groups is 1. The van der Waals surface area contributed by atoms with Gasteiger partial charge < -0.3 is 4.90 Å². The number of carbonyl (C=O) groups excluding carboxylic acids is 1. The minimum absolute atomic E-state index is 0.0143. The Morgan fingerprint density at radius 3 is 2.64 bits per heavy atom. The second-order valence-corrected chi connectivity index (χ2v) is 6.39. The molecule has 2 aliphatic rings. The molecule has 1 amide bonds. The van der Waals surface area contributed by atoms with E-state index in [2.05, 4.69) is 15.1 Å². The number of fused-ring (bicyclic) bond motifs is 1. The molecule has 2 atom stereocenters. The number of rotatable bonds is 3. The minimum atomic E-state index is -4.41. The predicted molar refractivity (Wildman–Crippen MR) is 81.2 cm³/mol. The van der Waals surface area contributed by atoms with Crippen molar-refractivity contribution in [2.45, 2.75) is 50.5 Å². The van der Waals surface area contributed by atoms with Crippen LogP contribution in [0.15, 0.2) is 24.5 Å². The van der Waals surface area contributed by atoms with Crippen LogP contribution in [-0.4, -0.2) is 42.8 Å². The van der Waals surface area contributed by atoms with Gasteiger partial charge in [-0.1, -0.05) is 0 Å². The van der Waals surface area contributed by atoms with Crippen LogP contribution in [0.3, 0.4) is 0 Å². The van der Waals surface area contributed by atoms with Gasteiger partial charge in [-0.3, -0.25) is 9.78 Å². The van der Waals surface area contributed by atoms with Gasteiger partial charge >= 0.3 is 6.18 Å². The molecule has 6 nitrogen and oxygen atoms in total. The van der Waals surface area contributed by atoms with E-state index in [0.29, 0.717) is 18.4 Å². The molecule has 2 aromatic rings. The number of nitrogens with zero attached hydrogens (tertiary/aromatic N) is 5. The highest BCUT2D eigenvalue weighted by Crippen LogP contribution is 2.42. The molecule has 0 bridgehead atoms. The van der Waals surface area contributed by atoms with Crippen LogP contribution in [-0.2, 0) is 11.3 Å². The summed E-state index contributed by atoms with van der Waals surface area (Å²) in [4.78, 5) is 22.1. The third-order valence-corrected chi connectivity index (χ3v) is 4.75. The highest BCUT2D eigenvalue weighted by molar-refractivity contribution is 5.79. The molecule has 0 radical (unpaired) electrons. The first kappa shape index (κ1) is 16.0. The smallest absolute Gasteiger partial charge is 0.329 e. The maximum atomic E-state index is 13.0. The van der Waals surface area contributed by atoms with Crippen LogP contribution in [0, 0.1) is 0 Å². The summed E-state index contributed by atoms with van der Waals surface area (Å²) in [6.07, 6.45) is 1.28. The molecule has 0 aromatic carbocycles. The van der Waals surface area contributed by atoms with E-state index in [1.54, 1.807) is 17.0 Å². The molecule has 2 aromatic heterocycles. The van der Waals surface area contributed by atoms with E-state index in [1.807, 2.05) is 0 Å².